The molecule has 0 aliphatic heterocycles. The van der Waals surface area contributed by atoms with Gasteiger partial charge in [-0.1, -0.05) is 32.4 Å². The lowest BCUT2D eigenvalue weighted by Gasteiger charge is -2.18. The molecular weight excluding hydrogens is 250 g/mol. The van der Waals surface area contributed by atoms with Crippen LogP contribution >= 0.6 is 0 Å². The van der Waals surface area contributed by atoms with E-state index in [1.54, 1.807) is 0 Å². The summed E-state index contributed by atoms with van der Waals surface area (Å²) in [4.78, 5) is 11.9. The Balaban J connectivity index is 2.52. The van der Waals surface area contributed by atoms with Crippen molar-refractivity contribution < 1.29 is 4.79 Å². The van der Waals surface area contributed by atoms with Gasteiger partial charge >= 0.3 is 6.03 Å². The number of nitrogens with two attached hydrogens (primary N) is 1. The molecule has 20 heavy (non-hydrogen) atoms. The van der Waals surface area contributed by atoms with Gasteiger partial charge in [-0.25, -0.2) is 4.79 Å². The molecule has 3 atom stereocenters. The molecule has 1 aromatic rings. The summed E-state index contributed by atoms with van der Waals surface area (Å²) < 4.78 is 0. The fourth-order valence-electron chi connectivity index (χ4n) is 2.12. The average molecular weight is 277 g/mol. The average Bonchev–Trinajstić information content (AvgIpc) is 2.38. The van der Waals surface area contributed by atoms with Crippen molar-refractivity contribution in [1.29, 1.82) is 0 Å². The smallest absolute Gasteiger partial charge is 0.319 e. The minimum Gasteiger partial charge on any atom is -0.335 e. The lowest BCUT2D eigenvalue weighted by atomic mass is 10.0. The Morgan fingerprint density at radius 1 is 1.30 bits per heavy atom. The SMILES string of the molecule is CCC(C)CC(C)NC(=O)Nc1cccc(C(C)N)c1. The molecule has 4 N–H and O–H groups in total. The Morgan fingerprint density at radius 3 is 2.60 bits per heavy atom. The quantitative estimate of drug-likeness (QED) is 0.743. The maximum absolute atomic E-state index is 11.9. The van der Waals surface area contributed by atoms with E-state index >= 15 is 0 Å². The summed E-state index contributed by atoms with van der Waals surface area (Å²) in [6.45, 7) is 8.32. The van der Waals surface area contributed by atoms with E-state index in [4.69, 9.17) is 5.73 Å². The maximum atomic E-state index is 11.9. The van der Waals surface area contributed by atoms with Gasteiger partial charge in [0.15, 0.2) is 0 Å². The summed E-state index contributed by atoms with van der Waals surface area (Å²) >= 11 is 0. The Bertz CT molecular complexity index is 431. The highest BCUT2D eigenvalue weighted by molar-refractivity contribution is 5.89. The molecule has 3 unspecified atom stereocenters. The standard InChI is InChI=1S/C16H27N3O/c1-5-11(2)9-12(3)18-16(20)19-15-8-6-7-14(10-15)13(4)17/h6-8,10-13H,5,9,17H2,1-4H3,(H2,18,19,20). The number of carbonyl (C=O) groups excluding carboxylic acids is 1. The molecule has 0 heterocycles. The minimum atomic E-state index is -0.164. The molecule has 0 aliphatic rings. The van der Waals surface area contributed by atoms with Crippen LogP contribution in [0.2, 0.25) is 0 Å². The van der Waals surface area contributed by atoms with Crippen molar-refractivity contribution in [2.75, 3.05) is 5.32 Å². The van der Waals surface area contributed by atoms with E-state index in [2.05, 4.69) is 24.5 Å². The van der Waals surface area contributed by atoms with Crippen LogP contribution in [0.15, 0.2) is 24.3 Å². The van der Waals surface area contributed by atoms with Gasteiger partial charge in [0.1, 0.15) is 0 Å². The number of urea groups is 1. The predicted molar refractivity (Wildman–Crippen MR) is 84.7 cm³/mol. The zero-order valence-electron chi connectivity index (χ0n) is 12.9. The van der Waals surface area contributed by atoms with E-state index in [9.17, 15) is 4.79 Å². The van der Waals surface area contributed by atoms with Crippen LogP contribution in [-0.2, 0) is 0 Å². The number of amides is 2. The molecule has 4 heteroatoms. The zero-order valence-corrected chi connectivity index (χ0v) is 12.9. The Hall–Kier alpha value is -1.55. The van der Waals surface area contributed by atoms with Crippen LogP contribution in [0, 0.1) is 5.92 Å². The number of anilines is 1. The van der Waals surface area contributed by atoms with Gasteiger partial charge in [0.25, 0.3) is 0 Å². The van der Waals surface area contributed by atoms with Crippen molar-refractivity contribution in [2.45, 2.75) is 52.6 Å². The summed E-state index contributed by atoms with van der Waals surface area (Å²) in [5.74, 6) is 0.617. The van der Waals surface area contributed by atoms with Crippen molar-refractivity contribution in [3.05, 3.63) is 29.8 Å². The third-order valence-electron chi connectivity index (χ3n) is 3.50. The van der Waals surface area contributed by atoms with Crippen molar-refractivity contribution in [3.63, 3.8) is 0 Å². The van der Waals surface area contributed by atoms with Gasteiger partial charge in [-0.15, -0.1) is 0 Å². The maximum Gasteiger partial charge on any atom is 0.319 e. The molecule has 0 radical (unpaired) electrons. The van der Waals surface area contributed by atoms with Crippen molar-refractivity contribution in [2.24, 2.45) is 11.7 Å². The highest BCUT2D eigenvalue weighted by atomic mass is 16.2. The molecule has 0 spiro atoms. The molecule has 0 aromatic heterocycles. The van der Waals surface area contributed by atoms with Gasteiger partial charge < -0.3 is 16.4 Å². The van der Waals surface area contributed by atoms with E-state index < -0.39 is 0 Å². The number of hydrogen-bond acceptors (Lipinski definition) is 2. The molecule has 0 bridgehead atoms. The van der Waals surface area contributed by atoms with Gasteiger partial charge in [0.2, 0.25) is 0 Å². The van der Waals surface area contributed by atoms with E-state index in [0.717, 1.165) is 24.1 Å². The number of carbonyl (C=O) groups is 1. The Kier molecular flexibility index (Phi) is 6.52. The van der Waals surface area contributed by atoms with Crippen molar-refractivity contribution in [3.8, 4) is 0 Å². The first-order valence-electron chi connectivity index (χ1n) is 7.35. The number of nitrogens with one attached hydrogen (secondary N) is 2. The lowest BCUT2D eigenvalue weighted by Crippen LogP contribution is -2.37. The molecule has 4 nitrogen and oxygen atoms in total. The first-order chi connectivity index (χ1) is 9.42. The molecule has 112 valence electrons. The summed E-state index contributed by atoms with van der Waals surface area (Å²) in [5.41, 5.74) is 7.62. The third kappa shape index (κ3) is 5.61. The monoisotopic (exact) mass is 277 g/mol. The van der Waals surface area contributed by atoms with Gasteiger partial charge in [-0.2, -0.15) is 0 Å². The first-order valence-corrected chi connectivity index (χ1v) is 7.35. The predicted octanol–water partition coefficient (Wildman–Crippen LogP) is 3.65. The molecular formula is C16H27N3O. The highest BCUT2D eigenvalue weighted by Gasteiger charge is 2.10. The van der Waals surface area contributed by atoms with E-state index in [-0.39, 0.29) is 18.1 Å². The third-order valence-corrected chi connectivity index (χ3v) is 3.50. The van der Waals surface area contributed by atoms with E-state index in [0.29, 0.717) is 5.92 Å². The van der Waals surface area contributed by atoms with E-state index in [1.807, 2.05) is 38.1 Å². The second-order valence-electron chi connectivity index (χ2n) is 5.66. The second kappa shape index (κ2) is 7.90. The minimum absolute atomic E-state index is 0.0378. The molecule has 0 saturated heterocycles. The molecule has 0 fully saturated rings. The van der Waals surface area contributed by atoms with Gasteiger partial charge in [0.05, 0.1) is 0 Å². The zero-order chi connectivity index (χ0) is 15.1. The fourth-order valence-corrected chi connectivity index (χ4v) is 2.12. The number of hydrogen-bond donors (Lipinski definition) is 3. The molecule has 0 saturated carbocycles. The van der Waals surface area contributed by atoms with Crippen LogP contribution in [0.25, 0.3) is 0 Å². The van der Waals surface area contributed by atoms with Crippen LogP contribution in [0.4, 0.5) is 10.5 Å². The lowest BCUT2D eigenvalue weighted by molar-refractivity contribution is 0.247. The first kappa shape index (κ1) is 16.5. The van der Waals surface area contributed by atoms with Crippen LogP contribution in [0.5, 0.6) is 0 Å². The van der Waals surface area contributed by atoms with Gasteiger partial charge in [-0.05, 0) is 43.9 Å². The van der Waals surface area contributed by atoms with E-state index in [1.165, 1.54) is 0 Å². The van der Waals surface area contributed by atoms with Crippen molar-refractivity contribution in [1.82, 2.24) is 5.32 Å². The molecule has 1 rings (SSSR count). The fraction of sp³-hybridized carbons (Fsp3) is 0.562. The summed E-state index contributed by atoms with van der Waals surface area (Å²) in [7, 11) is 0. The van der Waals surface area contributed by atoms with Crippen LogP contribution < -0.4 is 16.4 Å². The summed E-state index contributed by atoms with van der Waals surface area (Å²) in [5, 5.41) is 5.81. The largest absolute Gasteiger partial charge is 0.335 e. The summed E-state index contributed by atoms with van der Waals surface area (Å²) in [6, 6.07) is 7.60. The van der Waals surface area contributed by atoms with Crippen molar-refractivity contribution >= 4 is 11.7 Å². The number of benzene rings is 1. The molecule has 2 amide bonds. The normalized spacial score (nSPS) is 15.2. The van der Waals surface area contributed by atoms with Gasteiger partial charge in [-0.3, -0.25) is 0 Å². The Labute approximate surface area is 122 Å². The van der Waals surface area contributed by atoms with Crippen LogP contribution in [-0.4, -0.2) is 12.1 Å². The highest BCUT2D eigenvalue weighted by Crippen LogP contribution is 2.15. The molecule has 0 aliphatic carbocycles. The van der Waals surface area contributed by atoms with Crippen LogP contribution in [0.1, 0.15) is 52.1 Å². The summed E-state index contributed by atoms with van der Waals surface area (Å²) in [6.07, 6.45) is 2.12. The second-order valence-corrected chi connectivity index (χ2v) is 5.66. The topological polar surface area (TPSA) is 67.2 Å². The van der Waals surface area contributed by atoms with Crippen LogP contribution in [0.3, 0.4) is 0 Å². The Morgan fingerprint density at radius 2 is 2.00 bits per heavy atom. The molecule has 1 aromatic carbocycles. The number of rotatable bonds is 6. The van der Waals surface area contributed by atoms with Gasteiger partial charge in [0, 0.05) is 17.8 Å².